The molecular weight excluding hydrogens is 178 g/mol. The van der Waals surface area contributed by atoms with Gasteiger partial charge in [-0.2, -0.15) is 0 Å². The molecule has 0 atom stereocenters. The van der Waals surface area contributed by atoms with Crippen molar-refractivity contribution >= 4 is 11.9 Å². The normalized spacial score (nSPS) is 9.79. The third kappa shape index (κ3) is 2.01. The number of hydrogen-bond acceptors (Lipinski definition) is 5. The number of anilines is 2. The minimum absolute atomic E-state index is 0.498. The van der Waals surface area contributed by atoms with Crippen molar-refractivity contribution in [3.63, 3.8) is 0 Å². The number of nitrogens with zero attached hydrogens (tertiary/aromatic N) is 4. The molecule has 0 aliphatic rings. The quantitative estimate of drug-likeness (QED) is 0.768. The van der Waals surface area contributed by atoms with Crippen LogP contribution in [0.4, 0.5) is 11.9 Å². The first-order valence-corrected chi connectivity index (χ1v) is 4.18. The Morgan fingerprint density at radius 3 is 2.43 bits per heavy atom. The minimum atomic E-state index is 0.498. The highest BCUT2D eigenvalue weighted by Gasteiger charge is 1.97. The van der Waals surface area contributed by atoms with E-state index in [4.69, 9.17) is 0 Å². The van der Waals surface area contributed by atoms with E-state index in [1.807, 2.05) is 13.0 Å². The van der Waals surface area contributed by atoms with Gasteiger partial charge in [-0.3, -0.25) is 5.32 Å². The van der Waals surface area contributed by atoms with Crippen molar-refractivity contribution < 1.29 is 0 Å². The smallest absolute Gasteiger partial charge is 0.229 e. The summed E-state index contributed by atoms with van der Waals surface area (Å²) in [5, 5.41) is 2.90. The van der Waals surface area contributed by atoms with E-state index in [0.29, 0.717) is 11.9 Å². The van der Waals surface area contributed by atoms with E-state index in [-0.39, 0.29) is 0 Å². The second-order valence-electron chi connectivity index (χ2n) is 2.72. The fraction of sp³-hybridized carbons (Fsp3) is 0.111. The summed E-state index contributed by atoms with van der Waals surface area (Å²) >= 11 is 0. The number of aryl methyl sites for hydroxylation is 1. The maximum atomic E-state index is 4.17. The number of rotatable bonds is 2. The molecule has 0 aliphatic carbocycles. The zero-order chi connectivity index (χ0) is 9.80. The van der Waals surface area contributed by atoms with E-state index in [9.17, 15) is 0 Å². The van der Waals surface area contributed by atoms with Gasteiger partial charge in [0.25, 0.3) is 0 Å². The Labute approximate surface area is 81.3 Å². The van der Waals surface area contributed by atoms with Gasteiger partial charge < -0.3 is 0 Å². The summed E-state index contributed by atoms with van der Waals surface area (Å²) in [6.07, 6.45) is 5.00. The van der Waals surface area contributed by atoms with Gasteiger partial charge in [0, 0.05) is 24.3 Å². The van der Waals surface area contributed by atoms with Crippen molar-refractivity contribution in [3.05, 3.63) is 36.4 Å². The molecule has 0 radical (unpaired) electrons. The van der Waals surface area contributed by atoms with E-state index in [0.717, 1.165) is 5.69 Å². The van der Waals surface area contributed by atoms with Crippen molar-refractivity contribution in [1.82, 2.24) is 19.9 Å². The maximum absolute atomic E-state index is 4.17. The molecule has 14 heavy (non-hydrogen) atoms. The van der Waals surface area contributed by atoms with Gasteiger partial charge in [0.05, 0.1) is 0 Å². The lowest BCUT2D eigenvalue weighted by Crippen LogP contribution is -2.00. The molecule has 0 bridgehead atoms. The van der Waals surface area contributed by atoms with E-state index in [2.05, 4.69) is 25.3 Å². The Bertz CT molecular complexity index is 415. The monoisotopic (exact) mass is 187 g/mol. The molecule has 0 fully saturated rings. The largest absolute Gasteiger partial charge is 0.293 e. The van der Waals surface area contributed by atoms with Gasteiger partial charge in [-0.05, 0) is 19.1 Å². The second-order valence-corrected chi connectivity index (χ2v) is 2.72. The van der Waals surface area contributed by atoms with Crippen LogP contribution < -0.4 is 5.32 Å². The molecule has 0 saturated heterocycles. The van der Waals surface area contributed by atoms with Gasteiger partial charge in [-0.1, -0.05) is 0 Å². The third-order valence-corrected chi connectivity index (χ3v) is 1.58. The fourth-order valence-corrected chi connectivity index (χ4v) is 0.973. The molecule has 0 aromatic carbocycles. The molecule has 0 aliphatic heterocycles. The van der Waals surface area contributed by atoms with Crippen LogP contribution in [-0.4, -0.2) is 19.9 Å². The van der Waals surface area contributed by atoms with Crippen LogP contribution >= 0.6 is 0 Å². The molecular formula is C9H9N5. The number of hydrogen-bond donors (Lipinski definition) is 1. The molecule has 2 aromatic heterocycles. The number of aromatic nitrogens is 4. The van der Waals surface area contributed by atoms with Crippen LogP contribution in [0, 0.1) is 6.92 Å². The summed E-state index contributed by atoms with van der Waals surface area (Å²) in [6.45, 7) is 1.90. The topological polar surface area (TPSA) is 63.6 Å². The van der Waals surface area contributed by atoms with Gasteiger partial charge in [0.15, 0.2) is 0 Å². The first kappa shape index (κ1) is 8.55. The lowest BCUT2D eigenvalue weighted by molar-refractivity contribution is 1.07. The number of nitrogens with one attached hydrogen (secondary N) is 1. The predicted molar refractivity (Wildman–Crippen MR) is 52.1 cm³/mol. The van der Waals surface area contributed by atoms with E-state index < -0.39 is 0 Å². The van der Waals surface area contributed by atoms with Crippen molar-refractivity contribution in [2.24, 2.45) is 0 Å². The molecule has 0 amide bonds. The Morgan fingerprint density at radius 1 is 1.00 bits per heavy atom. The van der Waals surface area contributed by atoms with Crippen LogP contribution in [-0.2, 0) is 0 Å². The Balaban J connectivity index is 2.19. The summed E-state index contributed by atoms with van der Waals surface area (Å²) in [6, 6.07) is 3.58. The maximum Gasteiger partial charge on any atom is 0.229 e. The molecule has 0 saturated carbocycles. The van der Waals surface area contributed by atoms with Gasteiger partial charge in [0.2, 0.25) is 11.9 Å². The molecule has 2 rings (SSSR count). The van der Waals surface area contributed by atoms with E-state index in [1.54, 1.807) is 24.7 Å². The second kappa shape index (κ2) is 3.78. The first-order valence-electron chi connectivity index (χ1n) is 4.18. The summed E-state index contributed by atoms with van der Waals surface area (Å²) in [5.41, 5.74) is 0.901. The van der Waals surface area contributed by atoms with Crippen molar-refractivity contribution in [2.45, 2.75) is 6.92 Å². The molecule has 2 heterocycles. The van der Waals surface area contributed by atoms with Crippen LogP contribution in [0.15, 0.2) is 30.7 Å². The fourth-order valence-electron chi connectivity index (χ4n) is 0.973. The van der Waals surface area contributed by atoms with Crippen molar-refractivity contribution in [3.8, 4) is 0 Å². The lowest BCUT2D eigenvalue weighted by atomic mass is 10.5. The Hall–Kier alpha value is -2.04. The Kier molecular flexibility index (Phi) is 2.31. The standard InChI is InChI=1S/C9H9N5/c1-7-3-6-12-9(13-7)14-8-10-4-2-5-11-8/h2-6H,1H3,(H,10,11,12,13,14). The van der Waals surface area contributed by atoms with Gasteiger partial charge >= 0.3 is 0 Å². The van der Waals surface area contributed by atoms with Crippen LogP contribution in [0.5, 0.6) is 0 Å². The molecule has 1 N–H and O–H groups in total. The third-order valence-electron chi connectivity index (χ3n) is 1.58. The van der Waals surface area contributed by atoms with Gasteiger partial charge in [-0.15, -0.1) is 0 Å². The average molecular weight is 187 g/mol. The zero-order valence-electron chi connectivity index (χ0n) is 7.68. The summed E-state index contributed by atoms with van der Waals surface area (Å²) in [7, 11) is 0. The molecule has 5 nitrogen and oxygen atoms in total. The highest BCUT2D eigenvalue weighted by molar-refractivity contribution is 5.41. The van der Waals surface area contributed by atoms with Gasteiger partial charge in [0.1, 0.15) is 0 Å². The average Bonchev–Trinajstić information content (AvgIpc) is 2.19. The highest BCUT2D eigenvalue weighted by atomic mass is 15.2. The van der Waals surface area contributed by atoms with Gasteiger partial charge in [-0.25, -0.2) is 19.9 Å². The van der Waals surface area contributed by atoms with E-state index >= 15 is 0 Å². The molecule has 0 spiro atoms. The van der Waals surface area contributed by atoms with Crippen LogP contribution in [0.2, 0.25) is 0 Å². The van der Waals surface area contributed by atoms with Crippen LogP contribution in [0.25, 0.3) is 0 Å². The van der Waals surface area contributed by atoms with Crippen molar-refractivity contribution in [2.75, 3.05) is 5.32 Å². The molecule has 2 aromatic rings. The minimum Gasteiger partial charge on any atom is -0.293 e. The van der Waals surface area contributed by atoms with Crippen LogP contribution in [0.1, 0.15) is 5.69 Å². The molecule has 5 heteroatoms. The van der Waals surface area contributed by atoms with Crippen molar-refractivity contribution in [1.29, 1.82) is 0 Å². The molecule has 70 valence electrons. The SMILES string of the molecule is Cc1ccnc(Nc2ncccn2)n1. The summed E-state index contributed by atoms with van der Waals surface area (Å²) in [5.74, 6) is 1.01. The van der Waals surface area contributed by atoms with Crippen LogP contribution in [0.3, 0.4) is 0 Å². The lowest BCUT2D eigenvalue weighted by Gasteiger charge is -2.01. The zero-order valence-corrected chi connectivity index (χ0v) is 7.68. The highest BCUT2D eigenvalue weighted by Crippen LogP contribution is 2.04. The van der Waals surface area contributed by atoms with E-state index in [1.165, 1.54) is 0 Å². The molecule has 0 unspecified atom stereocenters. The summed E-state index contributed by atoms with van der Waals surface area (Å²) < 4.78 is 0. The first-order chi connectivity index (χ1) is 6.84. The Morgan fingerprint density at radius 2 is 1.71 bits per heavy atom. The summed E-state index contributed by atoms with van der Waals surface area (Å²) in [4.78, 5) is 16.2. The predicted octanol–water partition coefficient (Wildman–Crippen LogP) is 1.32.